The number of nitrogens with one attached hydrogen (secondary N) is 1. The summed E-state index contributed by atoms with van der Waals surface area (Å²) in [4.78, 5) is 27.9. The van der Waals surface area contributed by atoms with Crippen LogP contribution in [-0.4, -0.2) is 22.9 Å². The van der Waals surface area contributed by atoms with Gasteiger partial charge in [-0.05, 0) is 43.3 Å². The van der Waals surface area contributed by atoms with Crippen molar-refractivity contribution in [3.63, 3.8) is 0 Å². The summed E-state index contributed by atoms with van der Waals surface area (Å²) in [5.74, 6) is 0.414. The van der Waals surface area contributed by atoms with Crippen LogP contribution in [0, 0.1) is 17.0 Å². The van der Waals surface area contributed by atoms with Gasteiger partial charge in [0.1, 0.15) is 10.6 Å². The number of rotatable bonds is 5. The molecule has 3 aromatic rings. The van der Waals surface area contributed by atoms with Crippen LogP contribution in [0.25, 0.3) is 11.3 Å². The molecule has 26 heavy (non-hydrogen) atoms. The Morgan fingerprint density at radius 2 is 1.81 bits per heavy atom. The van der Waals surface area contributed by atoms with Gasteiger partial charge in [-0.3, -0.25) is 14.9 Å². The van der Waals surface area contributed by atoms with E-state index in [-0.39, 0.29) is 11.6 Å². The lowest BCUT2D eigenvalue weighted by molar-refractivity contribution is -0.384. The Morgan fingerprint density at radius 3 is 2.38 bits per heavy atom. The number of aromatic nitrogens is 1. The number of nitro groups is 1. The van der Waals surface area contributed by atoms with Crippen molar-refractivity contribution in [2.45, 2.75) is 6.92 Å². The van der Waals surface area contributed by atoms with Gasteiger partial charge in [-0.2, -0.15) is 0 Å². The number of hydrogen-bond acceptors (Lipinski definition) is 6. The van der Waals surface area contributed by atoms with Crippen molar-refractivity contribution in [3.05, 3.63) is 68.5 Å². The van der Waals surface area contributed by atoms with Crippen molar-refractivity contribution in [1.29, 1.82) is 0 Å². The molecule has 0 unspecified atom stereocenters. The largest absolute Gasteiger partial charge is 0.497 e. The molecule has 0 aliphatic rings. The number of carbonyl (C=O) groups is 1. The van der Waals surface area contributed by atoms with E-state index in [0.29, 0.717) is 27.6 Å². The molecule has 1 aromatic heterocycles. The topological polar surface area (TPSA) is 94.4 Å². The Bertz CT molecular complexity index is 950. The molecule has 0 saturated heterocycles. The number of carbonyl (C=O) groups excluding carboxylic acids is 1. The lowest BCUT2D eigenvalue weighted by Gasteiger charge is -2.06. The van der Waals surface area contributed by atoms with Crippen molar-refractivity contribution < 1.29 is 14.5 Å². The molecule has 0 atom stereocenters. The van der Waals surface area contributed by atoms with E-state index in [1.54, 1.807) is 43.5 Å². The van der Waals surface area contributed by atoms with Crippen LogP contribution in [0.4, 0.5) is 11.4 Å². The predicted octanol–water partition coefficient (Wildman–Crippen LogP) is 4.29. The first-order valence-electron chi connectivity index (χ1n) is 7.65. The number of hydrogen-bond donors (Lipinski definition) is 1. The van der Waals surface area contributed by atoms with Gasteiger partial charge in [-0.15, -0.1) is 11.3 Å². The van der Waals surface area contributed by atoms with Crippen LogP contribution >= 0.6 is 11.3 Å². The van der Waals surface area contributed by atoms with Gasteiger partial charge in [0, 0.05) is 23.4 Å². The van der Waals surface area contributed by atoms with Gasteiger partial charge >= 0.3 is 0 Å². The van der Waals surface area contributed by atoms with E-state index in [1.165, 1.54) is 23.5 Å². The first kappa shape index (κ1) is 17.6. The smallest absolute Gasteiger partial charge is 0.269 e. The third-order valence-electron chi connectivity index (χ3n) is 3.64. The van der Waals surface area contributed by atoms with Crippen molar-refractivity contribution in [1.82, 2.24) is 4.98 Å². The number of non-ortho nitro benzene ring substituents is 1. The van der Waals surface area contributed by atoms with E-state index >= 15 is 0 Å². The highest BCUT2D eigenvalue weighted by Gasteiger charge is 2.19. The molecule has 2 aromatic carbocycles. The number of aryl methyl sites for hydroxylation is 1. The van der Waals surface area contributed by atoms with Gasteiger partial charge < -0.3 is 10.1 Å². The average Bonchev–Trinajstić information content (AvgIpc) is 3.04. The van der Waals surface area contributed by atoms with Crippen molar-refractivity contribution >= 4 is 28.6 Å². The molecule has 3 rings (SSSR count). The monoisotopic (exact) mass is 369 g/mol. The number of nitro benzene ring substituents is 1. The number of nitrogens with zero attached hydrogens (tertiary/aromatic N) is 2. The first-order chi connectivity index (χ1) is 12.5. The zero-order valence-electron chi connectivity index (χ0n) is 14.1. The van der Waals surface area contributed by atoms with E-state index in [0.717, 1.165) is 5.01 Å². The van der Waals surface area contributed by atoms with Gasteiger partial charge in [0.05, 0.1) is 22.7 Å². The fourth-order valence-electron chi connectivity index (χ4n) is 2.38. The molecule has 1 N–H and O–H groups in total. The summed E-state index contributed by atoms with van der Waals surface area (Å²) in [6.07, 6.45) is 0. The third kappa shape index (κ3) is 3.70. The second kappa shape index (κ2) is 7.32. The molecule has 0 aliphatic carbocycles. The molecule has 8 heteroatoms. The number of methoxy groups -OCH3 is 1. The summed E-state index contributed by atoms with van der Waals surface area (Å²) < 4.78 is 5.10. The molecule has 0 radical (unpaired) electrons. The highest BCUT2D eigenvalue weighted by atomic mass is 32.1. The van der Waals surface area contributed by atoms with E-state index < -0.39 is 4.92 Å². The fourth-order valence-corrected chi connectivity index (χ4v) is 3.22. The van der Waals surface area contributed by atoms with Crippen molar-refractivity contribution in [2.75, 3.05) is 12.4 Å². The number of amides is 1. The third-order valence-corrected chi connectivity index (χ3v) is 4.61. The van der Waals surface area contributed by atoms with Crippen LogP contribution in [0.5, 0.6) is 5.75 Å². The molecule has 1 amide bonds. The molecule has 7 nitrogen and oxygen atoms in total. The zero-order valence-corrected chi connectivity index (χ0v) is 14.9. The molecule has 0 spiro atoms. The van der Waals surface area contributed by atoms with Gasteiger partial charge in [-0.25, -0.2) is 4.98 Å². The molecule has 0 fully saturated rings. The Hall–Kier alpha value is -3.26. The fraction of sp³-hybridized carbons (Fsp3) is 0.111. The number of benzene rings is 2. The van der Waals surface area contributed by atoms with E-state index in [1.807, 2.05) is 6.92 Å². The van der Waals surface area contributed by atoms with Crippen LogP contribution in [0.2, 0.25) is 0 Å². The molecule has 0 saturated carbocycles. The summed E-state index contributed by atoms with van der Waals surface area (Å²) in [5, 5.41) is 14.4. The molecule has 1 heterocycles. The minimum Gasteiger partial charge on any atom is -0.497 e. The summed E-state index contributed by atoms with van der Waals surface area (Å²) in [7, 11) is 1.57. The van der Waals surface area contributed by atoms with Gasteiger partial charge in [-0.1, -0.05) is 0 Å². The summed E-state index contributed by atoms with van der Waals surface area (Å²) in [5.41, 5.74) is 1.79. The highest BCUT2D eigenvalue weighted by Crippen LogP contribution is 2.30. The number of anilines is 1. The van der Waals surface area contributed by atoms with Crippen LogP contribution in [-0.2, 0) is 0 Å². The standard InChI is InChI=1S/C18H15N3O4S/c1-11-19-16(12-3-7-14(8-4-12)21(23)24)17(26-11)18(22)20-13-5-9-15(25-2)10-6-13/h3-10H,1-2H3,(H,20,22). The SMILES string of the molecule is COc1ccc(NC(=O)c2sc(C)nc2-c2ccc([N+](=O)[O-])cc2)cc1. The lowest BCUT2D eigenvalue weighted by Crippen LogP contribution is -2.11. The maximum absolute atomic E-state index is 12.7. The van der Waals surface area contributed by atoms with Crippen LogP contribution in [0.3, 0.4) is 0 Å². The maximum Gasteiger partial charge on any atom is 0.269 e. The average molecular weight is 369 g/mol. The quantitative estimate of drug-likeness (QED) is 0.535. The Balaban J connectivity index is 1.88. The van der Waals surface area contributed by atoms with E-state index in [4.69, 9.17) is 4.74 Å². The Morgan fingerprint density at radius 1 is 1.15 bits per heavy atom. The van der Waals surface area contributed by atoms with Crippen LogP contribution in [0.15, 0.2) is 48.5 Å². The second-order valence-corrected chi connectivity index (χ2v) is 6.60. The maximum atomic E-state index is 12.7. The Kier molecular flexibility index (Phi) is 4.94. The summed E-state index contributed by atoms with van der Waals surface area (Å²) >= 11 is 1.27. The van der Waals surface area contributed by atoms with E-state index in [9.17, 15) is 14.9 Å². The molecule has 0 bridgehead atoms. The Labute approximate surface area is 153 Å². The first-order valence-corrected chi connectivity index (χ1v) is 8.47. The van der Waals surface area contributed by atoms with Crippen molar-refractivity contribution in [2.24, 2.45) is 0 Å². The van der Waals surface area contributed by atoms with E-state index in [2.05, 4.69) is 10.3 Å². The molecule has 0 aliphatic heterocycles. The minimum absolute atomic E-state index is 0.00932. The van der Waals surface area contributed by atoms with Crippen LogP contribution < -0.4 is 10.1 Å². The number of ether oxygens (including phenoxy) is 1. The number of thiazole rings is 1. The summed E-state index contributed by atoms with van der Waals surface area (Å²) in [6.45, 7) is 1.81. The van der Waals surface area contributed by atoms with Gasteiger partial charge in [0.15, 0.2) is 0 Å². The van der Waals surface area contributed by atoms with Gasteiger partial charge in [0.2, 0.25) is 0 Å². The lowest BCUT2D eigenvalue weighted by atomic mass is 10.1. The molecule has 132 valence electrons. The molecular formula is C18H15N3O4S. The van der Waals surface area contributed by atoms with Crippen LogP contribution in [0.1, 0.15) is 14.7 Å². The second-order valence-electron chi connectivity index (χ2n) is 5.40. The van der Waals surface area contributed by atoms with Gasteiger partial charge in [0.25, 0.3) is 11.6 Å². The highest BCUT2D eigenvalue weighted by molar-refractivity contribution is 7.14. The molecular weight excluding hydrogens is 354 g/mol. The zero-order chi connectivity index (χ0) is 18.7. The minimum atomic E-state index is -0.465. The van der Waals surface area contributed by atoms with Crippen molar-refractivity contribution in [3.8, 4) is 17.0 Å². The summed E-state index contributed by atoms with van der Waals surface area (Å²) in [6, 6.07) is 13.0. The predicted molar refractivity (Wildman–Crippen MR) is 99.9 cm³/mol. The normalized spacial score (nSPS) is 10.4.